The van der Waals surface area contributed by atoms with Crippen molar-refractivity contribution in [2.75, 3.05) is 40.1 Å². The van der Waals surface area contributed by atoms with Gasteiger partial charge in [-0.05, 0) is 12.1 Å². The predicted octanol–water partition coefficient (Wildman–Crippen LogP) is 2.28. The van der Waals surface area contributed by atoms with Crippen LogP contribution in [0.4, 0.5) is 13.2 Å². The average Bonchev–Trinajstić information content (AvgIpc) is 2.71. The van der Waals surface area contributed by atoms with Gasteiger partial charge in [-0.3, -0.25) is 4.98 Å². The van der Waals surface area contributed by atoms with Crippen molar-refractivity contribution in [2.45, 2.75) is 12.3 Å². The van der Waals surface area contributed by atoms with E-state index in [1.54, 1.807) is 6.07 Å². The van der Waals surface area contributed by atoms with Gasteiger partial charge in [-0.15, -0.1) is 0 Å². The Morgan fingerprint density at radius 1 is 1.14 bits per heavy atom. The zero-order chi connectivity index (χ0) is 20.0. The van der Waals surface area contributed by atoms with Crippen LogP contribution >= 0.6 is 0 Å². The van der Waals surface area contributed by atoms with Gasteiger partial charge in [0.05, 0.1) is 44.5 Å². The molecule has 1 aliphatic rings. The molecule has 11 heteroatoms. The fourth-order valence-corrected chi connectivity index (χ4v) is 2.29. The highest BCUT2D eigenvalue weighted by Gasteiger charge is 2.28. The third kappa shape index (κ3) is 5.92. The summed E-state index contributed by atoms with van der Waals surface area (Å²) in [5, 5.41) is 0. The van der Waals surface area contributed by atoms with Crippen LogP contribution in [0.3, 0.4) is 0 Å². The number of methoxy groups -OCH3 is 1. The van der Waals surface area contributed by atoms with E-state index in [4.69, 9.17) is 18.9 Å². The molecule has 2 aromatic rings. The van der Waals surface area contributed by atoms with Gasteiger partial charge in [-0.2, -0.15) is 23.1 Å². The van der Waals surface area contributed by atoms with Crippen LogP contribution in [-0.4, -0.2) is 67.4 Å². The molecule has 1 saturated heterocycles. The summed E-state index contributed by atoms with van der Waals surface area (Å²) in [5.74, 6) is 0.239. The fourth-order valence-electron chi connectivity index (χ4n) is 2.29. The normalized spacial score (nSPS) is 17.2. The lowest BCUT2D eigenvalue weighted by Crippen LogP contribution is -2.33. The summed E-state index contributed by atoms with van der Waals surface area (Å²) in [6, 6.07) is 4.46. The van der Waals surface area contributed by atoms with Gasteiger partial charge in [0.15, 0.2) is 6.61 Å². The van der Waals surface area contributed by atoms with E-state index in [2.05, 4.69) is 19.7 Å². The number of rotatable bonds is 7. The van der Waals surface area contributed by atoms with Crippen LogP contribution in [0.25, 0.3) is 11.4 Å². The van der Waals surface area contributed by atoms with E-state index < -0.39 is 12.8 Å². The molecule has 2 aromatic heterocycles. The van der Waals surface area contributed by atoms with Crippen molar-refractivity contribution < 1.29 is 36.9 Å². The number of aromatic nitrogens is 3. The van der Waals surface area contributed by atoms with Crippen molar-refractivity contribution in [3.63, 3.8) is 0 Å². The number of halogens is 3. The first-order chi connectivity index (χ1) is 13.4. The van der Waals surface area contributed by atoms with Crippen LogP contribution in [0.5, 0.6) is 17.6 Å². The van der Waals surface area contributed by atoms with Gasteiger partial charge in [0.25, 0.3) is 0 Å². The lowest BCUT2D eigenvalue weighted by Gasteiger charge is -2.22. The Morgan fingerprint density at radius 3 is 2.64 bits per heavy atom. The number of ether oxygens (including phenoxy) is 5. The van der Waals surface area contributed by atoms with E-state index in [1.807, 2.05) is 0 Å². The van der Waals surface area contributed by atoms with E-state index in [0.717, 1.165) is 0 Å². The molecule has 28 heavy (non-hydrogen) atoms. The van der Waals surface area contributed by atoms with Gasteiger partial charge in [-0.1, -0.05) is 0 Å². The largest absolute Gasteiger partial charge is 0.483 e. The highest BCUT2D eigenvalue weighted by molar-refractivity contribution is 5.56. The summed E-state index contributed by atoms with van der Waals surface area (Å²) in [6.07, 6.45) is -3.44. The maximum atomic E-state index is 12.2. The molecule has 3 rings (SSSR count). The maximum absolute atomic E-state index is 12.2. The predicted molar refractivity (Wildman–Crippen MR) is 89.4 cm³/mol. The quantitative estimate of drug-likeness (QED) is 0.699. The monoisotopic (exact) mass is 401 g/mol. The molecule has 0 amide bonds. The second kappa shape index (κ2) is 9.02. The van der Waals surface area contributed by atoms with Crippen molar-refractivity contribution in [2.24, 2.45) is 0 Å². The Hall–Kier alpha value is -2.66. The SMILES string of the molecule is COc1nc(OCC2COCCO2)cc(-c2ccc(OCC(F)(F)F)cn2)n1. The Kier molecular flexibility index (Phi) is 6.47. The fraction of sp³-hybridized carbons (Fsp3) is 0.471. The Balaban J connectivity index is 1.69. The molecule has 1 atom stereocenters. The molecule has 0 aliphatic carbocycles. The molecule has 1 aliphatic heterocycles. The molecule has 0 bridgehead atoms. The Bertz CT molecular complexity index is 768. The van der Waals surface area contributed by atoms with Gasteiger partial charge in [0, 0.05) is 6.07 Å². The standard InChI is InChI=1S/C17H18F3N3O5/c1-24-16-22-14(6-15(23-16)27-9-12-8-25-4-5-26-12)13-3-2-11(7-21-13)28-10-17(18,19)20/h2-3,6-7,12H,4-5,8-10H2,1H3. The minimum Gasteiger partial charge on any atom is -0.483 e. The van der Waals surface area contributed by atoms with Crippen molar-refractivity contribution >= 4 is 0 Å². The lowest BCUT2D eigenvalue weighted by atomic mass is 10.2. The first kappa shape index (κ1) is 20.1. The molecule has 0 saturated carbocycles. The second-order valence-corrected chi connectivity index (χ2v) is 5.74. The molecular formula is C17H18F3N3O5. The van der Waals surface area contributed by atoms with Crippen LogP contribution in [0, 0.1) is 0 Å². The average molecular weight is 401 g/mol. The van der Waals surface area contributed by atoms with Gasteiger partial charge in [-0.25, -0.2) is 0 Å². The lowest BCUT2D eigenvalue weighted by molar-refractivity contribution is -0.153. The van der Waals surface area contributed by atoms with Gasteiger partial charge < -0.3 is 23.7 Å². The van der Waals surface area contributed by atoms with E-state index in [9.17, 15) is 13.2 Å². The van der Waals surface area contributed by atoms with Gasteiger partial charge in [0.2, 0.25) is 5.88 Å². The van der Waals surface area contributed by atoms with Crippen LogP contribution in [0.2, 0.25) is 0 Å². The zero-order valence-corrected chi connectivity index (χ0v) is 14.9. The van der Waals surface area contributed by atoms with E-state index in [0.29, 0.717) is 31.2 Å². The van der Waals surface area contributed by atoms with Gasteiger partial charge >= 0.3 is 12.2 Å². The van der Waals surface area contributed by atoms with Crippen LogP contribution in [-0.2, 0) is 9.47 Å². The van der Waals surface area contributed by atoms with E-state index in [1.165, 1.54) is 25.4 Å². The molecule has 0 spiro atoms. The van der Waals surface area contributed by atoms with Crippen LogP contribution in [0.15, 0.2) is 24.4 Å². The Labute approximate surface area is 158 Å². The third-order valence-corrected chi connectivity index (χ3v) is 3.57. The summed E-state index contributed by atoms with van der Waals surface area (Å²) in [4.78, 5) is 12.4. The van der Waals surface area contributed by atoms with Crippen molar-refractivity contribution in [3.05, 3.63) is 24.4 Å². The number of alkyl halides is 3. The van der Waals surface area contributed by atoms with Crippen LogP contribution in [0.1, 0.15) is 0 Å². The molecule has 1 unspecified atom stereocenters. The highest BCUT2D eigenvalue weighted by atomic mass is 19.4. The summed E-state index contributed by atoms with van der Waals surface area (Å²) in [5.41, 5.74) is 0.771. The topological polar surface area (TPSA) is 84.8 Å². The summed E-state index contributed by atoms with van der Waals surface area (Å²) >= 11 is 0. The second-order valence-electron chi connectivity index (χ2n) is 5.74. The number of hydrogen-bond acceptors (Lipinski definition) is 8. The maximum Gasteiger partial charge on any atom is 0.422 e. The molecule has 1 fully saturated rings. The van der Waals surface area contributed by atoms with Gasteiger partial charge in [0.1, 0.15) is 18.5 Å². The smallest absolute Gasteiger partial charge is 0.422 e. The first-order valence-corrected chi connectivity index (χ1v) is 8.34. The Morgan fingerprint density at radius 2 is 2.00 bits per heavy atom. The zero-order valence-electron chi connectivity index (χ0n) is 14.9. The number of nitrogens with zero attached hydrogens (tertiary/aromatic N) is 3. The summed E-state index contributed by atoms with van der Waals surface area (Å²) < 4.78 is 62.8. The van der Waals surface area contributed by atoms with Crippen molar-refractivity contribution in [1.29, 1.82) is 0 Å². The molecule has 0 aromatic carbocycles. The summed E-state index contributed by atoms with van der Waals surface area (Å²) in [7, 11) is 1.41. The van der Waals surface area contributed by atoms with E-state index >= 15 is 0 Å². The number of hydrogen-bond donors (Lipinski definition) is 0. The van der Waals surface area contributed by atoms with Crippen molar-refractivity contribution in [1.82, 2.24) is 15.0 Å². The molecule has 0 N–H and O–H groups in total. The molecule has 0 radical (unpaired) electrons. The van der Waals surface area contributed by atoms with E-state index in [-0.39, 0.29) is 30.4 Å². The number of pyridine rings is 1. The first-order valence-electron chi connectivity index (χ1n) is 8.34. The third-order valence-electron chi connectivity index (χ3n) is 3.57. The molecule has 152 valence electrons. The minimum atomic E-state index is -4.42. The molecular weight excluding hydrogens is 383 g/mol. The van der Waals surface area contributed by atoms with Crippen molar-refractivity contribution in [3.8, 4) is 29.0 Å². The van der Waals surface area contributed by atoms with Crippen LogP contribution < -0.4 is 14.2 Å². The highest BCUT2D eigenvalue weighted by Crippen LogP contribution is 2.24. The molecule has 3 heterocycles. The molecule has 8 nitrogen and oxygen atoms in total. The minimum absolute atomic E-state index is 0.00647. The summed E-state index contributed by atoms with van der Waals surface area (Å²) in [6.45, 7) is 0.322.